The number of anilines is 1. The highest BCUT2D eigenvalue weighted by atomic mass is 16.5. The summed E-state index contributed by atoms with van der Waals surface area (Å²) in [6.45, 7) is 7.57. The van der Waals surface area contributed by atoms with Crippen molar-refractivity contribution in [3.8, 4) is 5.95 Å². The third-order valence-electron chi connectivity index (χ3n) is 7.81. The van der Waals surface area contributed by atoms with Gasteiger partial charge in [-0.15, -0.1) is 0 Å². The second kappa shape index (κ2) is 10.8. The van der Waals surface area contributed by atoms with Crippen LogP contribution in [0.15, 0.2) is 24.3 Å². The molecular formula is C28H35N9O3. The summed E-state index contributed by atoms with van der Waals surface area (Å²) in [5.41, 5.74) is 3.02. The molecule has 0 spiro atoms. The van der Waals surface area contributed by atoms with Crippen molar-refractivity contribution in [1.82, 2.24) is 39.3 Å². The summed E-state index contributed by atoms with van der Waals surface area (Å²) in [5, 5.41) is 3.05. The Morgan fingerprint density at radius 1 is 1.00 bits per heavy atom. The average molecular weight is 546 g/mol. The van der Waals surface area contributed by atoms with Gasteiger partial charge in [-0.25, -0.2) is 9.97 Å². The number of hydrogen-bond donors (Lipinski definition) is 1. The maximum atomic E-state index is 13.7. The van der Waals surface area contributed by atoms with E-state index in [4.69, 9.17) is 24.7 Å². The number of hydrogen-bond acceptors (Lipinski definition) is 8. The molecule has 2 amide bonds. The largest absolute Gasteiger partial charge is 0.378 e. The number of aryl methyl sites for hydroxylation is 2. The first-order valence-corrected chi connectivity index (χ1v) is 14.1. The number of likely N-dealkylation sites (tertiary alicyclic amines) is 1. The normalized spacial score (nSPS) is 16.7. The number of morpholine rings is 1. The number of rotatable bonds is 6. The van der Waals surface area contributed by atoms with Crippen LogP contribution in [0.1, 0.15) is 49.6 Å². The number of nitrogens with zero attached hydrogens (tertiary/aromatic N) is 8. The van der Waals surface area contributed by atoms with Gasteiger partial charge in [0.15, 0.2) is 17.0 Å². The van der Waals surface area contributed by atoms with Crippen LogP contribution in [-0.2, 0) is 23.0 Å². The fraction of sp³-hybridized carbons (Fsp3) is 0.500. The first-order chi connectivity index (χ1) is 19.5. The lowest BCUT2D eigenvalue weighted by Crippen LogP contribution is -2.46. The van der Waals surface area contributed by atoms with Crippen molar-refractivity contribution in [3.05, 3.63) is 35.9 Å². The molecule has 1 N–H and O–H groups in total. The van der Waals surface area contributed by atoms with Gasteiger partial charge in [0.05, 0.1) is 24.2 Å². The van der Waals surface area contributed by atoms with E-state index in [-0.39, 0.29) is 17.9 Å². The summed E-state index contributed by atoms with van der Waals surface area (Å²) >= 11 is 0. The molecule has 1 aromatic carbocycles. The highest BCUT2D eigenvalue weighted by Gasteiger charge is 2.30. The number of ether oxygens (including phenoxy) is 1. The van der Waals surface area contributed by atoms with Crippen molar-refractivity contribution in [2.24, 2.45) is 7.05 Å². The highest BCUT2D eigenvalue weighted by Crippen LogP contribution is 2.29. The minimum Gasteiger partial charge on any atom is -0.378 e. The Bertz CT molecular complexity index is 1560. The van der Waals surface area contributed by atoms with E-state index in [1.54, 1.807) is 4.57 Å². The van der Waals surface area contributed by atoms with Crippen LogP contribution in [0.25, 0.3) is 28.1 Å². The van der Waals surface area contributed by atoms with Crippen LogP contribution in [0.4, 0.5) is 5.82 Å². The first kappa shape index (κ1) is 26.2. The molecule has 0 atom stereocenters. The lowest BCUT2D eigenvalue weighted by molar-refractivity contribution is -0.121. The van der Waals surface area contributed by atoms with Crippen molar-refractivity contribution >= 4 is 39.8 Å². The number of imidazole rings is 2. The van der Waals surface area contributed by atoms with Crippen LogP contribution in [0.3, 0.4) is 0 Å². The number of amides is 2. The molecule has 0 bridgehead atoms. The summed E-state index contributed by atoms with van der Waals surface area (Å²) in [7, 11) is 1.84. The van der Waals surface area contributed by atoms with Gasteiger partial charge in [-0.05, 0) is 25.0 Å². The lowest BCUT2D eigenvalue weighted by atomic mass is 10.0. The Kier molecular flexibility index (Phi) is 7.09. The van der Waals surface area contributed by atoms with Gasteiger partial charge in [0.2, 0.25) is 17.7 Å². The van der Waals surface area contributed by atoms with E-state index >= 15 is 0 Å². The van der Waals surface area contributed by atoms with Crippen molar-refractivity contribution in [2.75, 3.05) is 44.3 Å². The Morgan fingerprint density at radius 2 is 1.75 bits per heavy atom. The molecule has 2 aliphatic heterocycles. The summed E-state index contributed by atoms with van der Waals surface area (Å²) in [4.78, 5) is 49.2. The molecule has 210 valence electrons. The summed E-state index contributed by atoms with van der Waals surface area (Å²) in [6.07, 6.45) is 2.62. The maximum absolute atomic E-state index is 13.7. The van der Waals surface area contributed by atoms with E-state index in [0.717, 1.165) is 29.7 Å². The predicted octanol–water partition coefficient (Wildman–Crippen LogP) is 2.23. The van der Waals surface area contributed by atoms with Gasteiger partial charge in [-0.3, -0.25) is 14.2 Å². The second-order valence-corrected chi connectivity index (χ2v) is 10.3. The average Bonchev–Trinajstić information content (AvgIpc) is 3.54. The van der Waals surface area contributed by atoms with Gasteiger partial charge < -0.3 is 24.4 Å². The van der Waals surface area contributed by atoms with E-state index in [9.17, 15) is 9.59 Å². The smallest absolute Gasteiger partial charge is 0.289 e. The zero-order valence-corrected chi connectivity index (χ0v) is 23.3. The van der Waals surface area contributed by atoms with E-state index in [1.165, 1.54) is 0 Å². The molecule has 2 fully saturated rings. The molecule has 0 radical (unpaired) electrons. The number of para-hydroxylation sites is 2. The SMILES string of the molecule is CCC(=O)NC1CCN(C(=O)c2nc3c(N4CCOCC4)nc(-n4c(CC)nc5ccccc54)nc3n2C)CC1. The molecule has 0 aliphatic carbocycles. The van der Waals surface area contributed by atoms with Gasteiger partial charge in [0, 0.05) is 52.1 Å². The lowest BCUT2D eigenvalue weighted by Gasteiger charge is -2.32. The van der Waals surface area contributed by atoms with E-state index in [2.05, 4.69) is 17.1 Å². The molecule has 2 aliphatic rings. The highest BCUT2D eigenvalue weighted by molar-refractivity contribution is 5.96. The minimum absolute atomic E-state index is 0.0436. The molecule has 40 heavy (non-hydrogen) atoms. The van der Waals surface area contributed by atoms with E-state index in [0.29, 0.717) is 81.0 Å². The van der Waals surface area contributed by atoms with Crippen molar-refractivity contribution in [1.29, 1.82) is 0 Å². The summed E-state index contributed by atoms with van der Waals surface area (Å²) in [5.74, 6) is 2.30. The van der Waals surface area contributed by atoms with Crippen LogP contribution in [0.5, 0.6) is 0 Å². The van der Waals surface area contributed by atoms with Crippen molar-refractivity contribution in [3.63, 3.8) is 0 Å². The monoisotopic (exact) mass is 545 g/mol. The zero-order valence-electron chi connectivity index (χ0n) is 23.3. The molecule has 12 nitrogen and oxygen atoms in total. The number of nitrogens with one attached hydrogen (secondary N) is 1. The van der Waals surface area contributed by atoms with Crippen LogP contribution in [-0.4, -0.2) is 91.2 Å². The number of benzene rings is 1. The van der Waals surface area contributed by atoms with Gasteiger partial charge in [-0.1, -0.05) is 26.0 Å². The number of carbonyl (C=O) groups is 2. The summed E-state index contributed by atoms with van der Waals surface area (Å²) < 4.78 is 9.39. The second-order valence-electron chi connectivity index (χ2n) is 10.3. The molecule has 6 rings (SSSR count). The number of piperidine rings is 1. The Hall–Kier alpha value is -4.06. The molecule has 5 heterocycles. The maximum Gasteiger partial charge on any atom is 0.289 e. The fourth-order valence-corrected chi connectivity index (χ4v) is 5.56. The van der Waals surface area contributed by atoms with E-state index < -0.39 is 0 Å². The molecule has 3 aromatic heterocycles. The van der Waals surface area contributed by atoms with Crippen LogP contribution >= 0.6 is 0 Å². The molecular weight excluding hydrogens is 510 g/mol. The minimum atomic E-state index is -0.141. The molecule has 0 saturated carbocycles. The quantitative estimate of drug-likeness (QED) is 0.391. The topological polar surface area (TPSA) is 123 Å². The van der Waals surface area contributed by atoms with Crippen LogP contribution < -0.4 is 10.2 Å². The molecule has 2 saturated heterocycles. The standard InChI is InChI=1S/C28H35N9O3/c1-4-21-30-19-8-6-7-9-20(19)37(21)28-32-24-23(25(33-28)35-14-16-40-17-15-35)31-26(34(24)3)27(39)36-12-10-18(11-13-36)29-22(38)5-2/h6-9,18H,4-5,10-17H2,1-3H3,(H,29,38). The van der Waals surface area contributed by atoms with Gasteiger partial charge in [-0.2, -0.15) is 9.97 Å². The van der Waals surface area contributed by atoms with Gasteiger partial charge >= 0.3 is 0 Å². The number of fused-ring (bicyclic) bond motifs is 2. The molecule has 4 aromatic rings. The third-order valence-corrected chi connectivity index (χ3v) is 7.81. The fourth-order valence-electron chi connectivity index (χ4n) is 5.56. The molecule has 0 unspecified atom stereocenters. The zero-order chi connectivity index (χ0) is 27.8. The Balaban J connectivity index is 1.41. The third kappa shape index (κ3) is 4.66. The first-order valence-electron chi connectivity index (χ1n) is 14.1. The van der Waals surface area contributed by atoms with Crippen LogP contribution in [0.2, 0.25) is 0 Å². The summed E-state index contributed by atoms with van der Waals surface area (Å²) in [6, 6.07) is 8.07. The van der Waals surface area contributed by atoms with Gasteiger partial charge in [0.1, 0.15) is 5.82 Å². The van der Waals surface area contributed by atoms with Crippen molar-refractivity contribution < 1.29 is 14.3 Å². The van der Waals surface area contributed by atoms with E-state index in [1.807, 2.05) is 47.7 Å². The van der Waals surface area contributed by atoms with Crippen molar-refractivity contribution in [2.45, 2.75) is 45.6 Å². The molecule has 12 heteroatoms. The van der Waals surface area contributed by atoms with Gasteiger partial charge in [0.25, 0.3) is 5.91 Å². The predicted molar refractivity (Wildman–Crippen MR) is 151 cm³/mol. The Labute approximate surface area is 232 Å². The number of carbonyl (C=O) groups excluding carboxylic acids is 2. The Morgan fingerprint density at radius 3 is 2.48 bits per heavy atom. The number of aromatic nitrogens is 6. The van der Waals surface area contributed by atoms with Crippen LogP contribution in [0, 0.1) is 0 Å².